The molecule has 1 aliphatic rings. The van der Waals surface area contributed by atoms with Gasteiger partial charge in [0.1, 0.15) is 6.04 Å². The number of pyridine rings is 1. The lowest BCUT2D eigenvalue weighted by Crippen LogP contribution is -2.59. The van der Waals surface area contributed by atoms with Crippen LogP contribution in [-0.4, -0.2) is 69.9 Å². The second-order valence-electron chi connectivity index (χ2n) is 11.2. The SMILES string of the molecule is Cc1cc(CN2CCN(Cc3ccncc3)C[C@H]2C(=O)NC(C)C)ccc1-c1ccc(C(O)(C(F)(F)F)C(F)(F)F)cc1. The van der Waals surface area contributed by atoms with E-state index in [1.807, 2.05) is 38.1 Å². The third kappa shape index (κ3) is 7.19. The van der Waals surface area contributed by atoms with Gasteiger partial charge in [0.05, 0.1) is 0 Å². The molecule has 12 heteroatoms. The van der Waals surface area contributed by atoms with Crippen LogP contribution >= 0.6 is 0 Å². The molecule has 1 aliphatic heterocycles. The average molecular weight is 609 g/mol. The van der Waals surface area contributed by atoms with Gasteiger partial charge in [0.15, 0.2) is 0 Å². The summed E-state index contributed by atoms with van der Waals surface area (Å²) in [5.41, 5.74) is -2.49. The van der Waals surface area contributed by atoms with Gasteiger partial charge >= 0.3 is 12.4 Å². The summed E-state index contributed by atoms with van der Waals surface area (Å²) in [6, 6.07) is 12.5. The number of piperazine rings is 1. The highest BCUT2D eigenvalue weighted by atomic mass is 19.4. The van der Waals surface area contributed by atoms with Crippen LogP contribution in [0.2, 0.25) is 0 Å². The minimum Gasteiger partial charge on any atom is -0.369 e. The summed E-state index contributed by atoms with van der Waals surface area (Å²) in [6.07, 6.45) is -8.42. The number of hydrogen-bond donors (Lipinski definition) is 2. The molecule has 1 atom stereocenters. The van der Waals surface area contributed by atoms with E-state index in [9.17, 15) is 36.2 Å². The van der Waals surface area contributed by atoms with E-state index >= 15 is 0 Å². The topological polar surface area (TPSA) is 68.7 Å². The van der Waals surface area contributed by atoms with Crippen molar-refractivity contribution in [3.63, 3.8) is 0 Å². The number of alkyl halides is 6. The summed E-state index contributed by atoms with van der Waals surface area (Å²) >= 11 is 0. The van der Waals surface area contributed by atoms with Gasteiger partial charge in [-0.1, -0.05) is 42.5 Å². The Labute approximate surface area is 246 Å². The molecule has 0 saturated carbocycles. The van der Waals surface area contributed by atoms with E-state index < -0.39 is 29.6 Å². The second kappa shape index (κ2) is 12.6. The highest BCUT2D eigenvalue weighted by molar-refractivity contribution is 5.82. The molecule has 0 radical (unpaired) electrons. The second-order valence-corrected chi connectivity index (χ2v) is 11.2. The predicted octanol–water partition coefficient (Wildman–Crippen LogP) is 5.58. The number of aryl methyl sites for hydroxylation is 1. The lowest BCUT2D eigenvalue weighted by atomic mass is 9.90. The molecule has 2 N–H and O–H groups in total. The molecule has 2 heterocycles. The molecule has 232 valence electrons. The Bertz CT molecular complexity index is 1380. The maximum Gasteiger partial charge on any atom is 0.430 e. The van der Waals surface area contributed by atoms with Crippen molar-refractivity contribution in [1.29, 1.82) is 0 Å². The molecule has 3 aromatic rings. The monoisotopic (exact) mass is 608 g/mol. The molecule has 43 heavy (non-hydrogen) atoms. The quantitative estimate of drug-likeness (QED) is 0.327. The zero-order valence-corrected chi connectivity index (χ0v) is 24.0. The van der Waals surface area contributed by atoms with Gasteiger partial charge in [0, 0.05) is 56.7 Å². The largest absolute Gasteiger partial charge is 0.430 e. The van der Waals surface area contributed by atoms with Crippen molar-refractivity contribution in [2.75, 3.05) is 19.6 Å². The van der Waals surface area contributed by atoms with Crippen LogP contribution < -0.4 is 5.32 Å². The van der Waals surface area contributed by atoms with Crippen LogP contribution in [0.3, 0.4) is 0 Å². The van der Waals surface area contributed by atoms with E-state index in [1.165, 1.54) is 0 Å². The number of carbonyl (C=O) groups is 1. The zero-order valence-electron chi connectivity index (χ0n) is 24.0. The van der Waals surface area contributed by atoms with Crippen LogP contribution in [-0.2, 0) is 23.5 Å². The number of nitrogens with one attached hydrogen (secondary N) is 1. The highest BCUT2D eigenvalue weighted by Crippen LogP contribution is 2.50. The van der Waals surface area contributed by atoms with E-state index in [2.05, 4.69) is 20.1 Å². The number of amides is 1. The van der Waals surface area contributed by atoms with Crippen LogP contribution in [0.15, 0.2) is 67.0 Å². The normalized spacial score (nSPS) is 17.3. The van der Waals surface area contributed by atoms with Gasteiger partial charge in [-0.3, -0.25) is 19.6 Å². The van der Waals surface area contributed by atoms with Crippen LogP contribution in [0, 0.1) is 6.92 Å². The number of aliphatic hydroxyl groups is 1. The van der Waals surface area contributed by atoms with Crippen molar-refractivity contribution in [3.05, 3.63) is 89.2 Å². The molecule has 0 aliphatic carbocycles. The third-order valence-electron chi connectivity index (χ3n) is 7.58. The Balaban J connectivity index is 1.52. The van der Waals surface area contributed by atoms with Crippen molar-refractivity contribution in [2.45, 2.75) is 63.9 Å². The van der Waals surface area contributed by atoms with Crippen molar-refractivity contribution in [2.24, 2.45) is 0 Å². The molecule has 4 rings (SSSR count). The van der Waals surface area contributed by atoms with E-state index in [0.717, 1.165) is 35.4 Å². The summed E-state index contributed by atoms with van der Waals surface area (Å²) in [7, 11) is 0. The fourth-order valence-electron chi connectivity index (χ4n) is 5.35. The molecule has 1 saturated heterocycles. The molecule has 0 bridgehead atoms. The summed E-state index contributed by atoms with van der Waals surface area (Å²) in [4.78, 5) is 21.6. The standard InChI is InChI=1S/C31H34F6N4O2/c1-20(2)39-28(42)27-19-40(17-22-10-12-38-13-11-22)14-15-41(27)18-23-4-9-26(21(3)16-23)24-5-7-25(8-6-24)29(43,30(32,33)34)31(35,36)37/h4-13,16,20,27,43H,14-15,17-19H2,1-3H3,(H,39,42)/t27-/m0/s1. The van der Waals surface area contributed by atoms with E-state index in [-0.39, 0.29) is 11.9 Å². The number of hydrogen-bond acceptors (Lipinski definition) is 5. The Morgan fingerprint density at radius 3 is 2.12 bits per heavy atom. The molecule has 1 aromatic heterocycles. The summed E-state index contributed by atoms with van der Waals surface area (Å²) in [5, 5.41) is 12.7. The van der Waals surface area contributed by atoms with Crippen LogP contribution in [0.4, 0.5) is 26.3 Å². The third-order valence-corrected chi connectivity index (χ3v) is 7.58. The van der Waals surface area contributed by atoms with Gasteiger partial charge in [0.25, 0.3) is 5.60 Å². The van der Waals surface area contributed by atoms with Gasteiger partial charge in [-0.05, 0) is 60.7 Å². The van der Waals surface area contributed by atoms with Gasteiger partial charge < -0.3 is 10.4 Å². The fraction of sp³-hybridized carbons (Fsp3) is 0.419. The number of carbonyl (C=O) groups excluding carboxylic acids is 1. The van der Waals surface area contributed by atoms with Crippen molar-refractivity contribution < 1.29 is 36.2 Å². The predicted molar refractivity (Wildman–Crippen MR) is 150 cm³/mol. The molecule has 1 amide bonds. The van der Waals surface area contributed by atoms with Crippen LogP contribution in [0.1, 0.15) is 36.1 Å². The summed E-state index contributed by atoms with van der Waals surface area (Å²) in [6.45, 7) is 8.70. The van der Waals surface area contributed by atoms with E-state index in [1.54, 1.807) is 25.4 Å². The Morgan fingerprint density at radius 1 is 0.930 bits per heavy atom. The van der Waals surface area contributed by atoms with Crippen LogP contribution in [0.25, 0.3) is 11.1 Å². The lowest BCUT2D eigenvalue weighted by molar-refractivity contribution is -0.376. The Kier molecular flexibility index (Phi) is 9.53. The van der Waals surface area contributed by atoms with Gasteiger partial charge in [-0.2, -0.15) is 26.3 Å². The van der Waals surface area contributed by atoms with Crippen molar-refractivity contribution in [3.8, 4) is 11.1 Å². The minimum absolute atomic E-state index is 0.0268. The first-order valence-corrected chi connectivity index (χ1v) is 13.8. The number of benzene rings is 2. The van der Waals surface area contributed by atoms with E-state index in [4.69, 9.17) is 0 Å². The first-order valence-electron chi connectivity index (χ1n) is 13.8. The first kappa shape index (κ1) is 32.4. The number of aromatic nitrogens is 1. The highest BCUT2D eigenvalue weighted by Gasteiger charge is 2.71. The summed E-state index contributed by atoms with van der Waals surface area (Å²) < 4.78 is 79.6. The number of nitrogens with zero attached hydrogens (tertiary/aromatic N) is 3. The fourth-order valence-corrected chi connectivity index (χ4v) is 5.35. The van der Waals surface area contributed by atoms with Crippen molar-refractivity contribution in [1.82, 2.24) is 20.1 Å². The maximum absolute atomic E-state index is 13.3. The Morgan fingerprint density at radius 2 is 1.56 bits per heavy atom. The van der Waals surface area contributed by atoms with Gasteiger partial charge in [-0.15, -0.1) is 0 Å². The minimum atomic E-state index is -5.95. The molecule has 2 aromatic carbocycles. The smallest absolute Gasteiger partial charge is 0.369 e. The average Bonchev–Trinajstić information content (AvgIpc) is 2.92. The molecule has 1 fully saturated rings. The molecule has 0 spiro atoms. The summed E-state index contributed by atoms with van der Waals surface area (Å²) in [5.74, 6) is -0.0690. The molecular formula is C31H34F6N4O2. The van der Waals surface area contributed by atoms with Crippen LogP contribution in [0.5, 0.6) is 0 Å². The first-order chi connectivity index (χ1) is 20.1. The maximum atomic E-state index is 13.3. The zero-order chi connectivity index (χ0) is 31.6. The van der Waals surface area contributed by atoms with Gasteiger partial charge in [0.2, 0.25) is 5.91 Å². The Hall–Kier alpha value is -3.48. The number of rotatable bonds is 8. The molecule has 0 unspecified atom stereocenters. The molecule has 6 nitrogen and oxygen atoms in total. The van der Waals surface area contributed by atoms with Crippen molar-refractivity contribution >= 4 is 5.91 Å². The lowest BCUT2D eigenvalue weighted by Gasteiger charge is -2.41. The van der Waals surface area contributed by atoms with Gasteiger partial charge in [-0.25, -0.2) is 0 Å². The van der Waals surface area contributed by atoms with E-state index in [0.29, 0.717) is 49.4 Å². The molecular weight excluding hydrogens is 574 g/mol. The number of halogens is 6.